The first kappa shape index (κ1) is 19.4. The van der Waals surface area contributed by atoms with Crippen molar-refractivity contribution in [1.82, 2.24) is 10.3 Å². The van der Waals surface area contributed by atoms with Crippen molar-refractivity contribution in [3.63, 3.8) is 0 Å². The number of hydrogen-bond acceptors (Lipinski definition) is 3. The summed E-state index contributed by atoms with van der Waals surface area (Å²) < 4.78 is 5.55. The topological polar surface area (TPSA) is 51.2 Å². The lowest BCUT2D eigenvalue weighted by atomic mass is 9.77. The molecule has 1 unspecified atom stereocenters. The molecular weight excluding hydrogens is 372 g/mol. The lowest BCUT2D eigenvalue weighted by Crippen LogP contribution is -2.46. The Morgan fingerprint density at radius 3 is 2.50 bits per heavy atom. The molecule has 0 spiro atoms. The first-order chi connectivity index (χ1) is 13.7. The first-order valence-electron chi connectivity index (χ1n) is 10.2. The van der Waals surface area contributed by atoms with Gasteiger partial charge in [0.15, 0.2) is 0 Å². The minimum Gasteiger partial charge on any atom is -0.381 e. The predicted molar refractivity (Wildman–Crippen MR) is 110 cm³/mol. The Kier molecular flexibility index (Phi) is 5.98. The van der Waals surface area contributed by atoms with E-state index in [9.17, 15) is 4.79 Å². The molecule has 1 N–H and O–H groups in total. The van der Waals surface area contributed by atoms with Gasteiger partial charge >= 0.3 is 0 Å². The lowest BCUT2D eigenvalue weighted by molar-refractivity contribution is -0.128. The average Bonchev–Trinajstić information content (AvgIpc) is 3.25. The zero-order valence-corrected chi connectivity index (χ0v) is 16.8. The van der Waals surface area contributed by atoms with Crippen LogP contribution in [0.1, 0.15) is 55.7 Å². The van der Waals surface area contributed by atoms with Gasteiger partial charge in [-0.1, -0.05) is 42.6 Å². The molecule has 1 aromatic carbocycles. The van der Waals surface area contributed by atoms with Crippen LogP contribution >= 0.6 is 11.6 Å². The minimum absolute atomic E-state index is 0.0325. The Hall–Kier alpha value is -1.91. The Morgan fingerprint density at radius 1 is 1.14 bits per heavy atom. The summed E-state index contributed by atoms with van der Waals surface area (Å²) in [5, 5.41) is 4.13. The van der Waals surface area contributed by atoms with Crippen molar-refractivity contribution in [2.45, 2.75) is 50.0 Å². The van der Waals surface area contributed by atoms with Crippen molar-refractivity contribution >= 4 is 17.5 Å². The van der Waals surface area contributed by atoms with Crippen molar-refractivity contribution in [1.29, 1.82) is 0 Å². The van der Waals surface area contributed by atoms with Crippen LogP contribution in [0.4, 0.5) is 0 Å². The van der Waals surface area contributed by atoms with Crippen molar-refractivity contribution in [3.05, 3.63) is 64.9 Å². The molecule has 1 saturated heterocycles. The highest BCUT2D eigenvalue weighted by molar-refractivity contribution is 6.30. The fraction of sp³-hybridized carbons (Fsp3) is 0.478. The summed E-state index contributed by atoms with van der Waals surface area (Å²) in [6.45, 7) is 1.50. The molecule has 2 aliphatic rings. The van der Waals surface area contributed by atoms with Gasteiger partial charge in [-0.05, 0) is 60.9 Å². The summed E-state index contributed by atoms with van der Waals surface area (Å²) in [6.07, 6.45) is 9.47. The second-order valence-corrected chi connectivity index (χ2v) is 8.42. The number of nitrogens with one attached hydrogen (secondary N) is 1. The normalized spacial score (nSPS) is 20.6. The fourth-order valence-electron chi connectivity index (χ4n) is 4.76. The molecule has 2 heterocycles. The zero-order chi connectivity index (χ0) is 19.4. The third-order valence-electron chi connectivity index (χ3n) is 6.36. The standard InChI is InChI=1S/C23H27ClN2O2/c24-20-7-5-19(6-8-20)23(11-1-2-12-23)22(27)26-21(17-9-14-28-15-10-17)18-4-3-13-25-16-18/h3-8,13,16-17,21H,1-2,9-12,14-15H2,(H,26,27). The van der Waals surface area contributed by atoms with Crippen LogP contribution in [0.5, 0.6) is 0 Å². The van der Waals surface area contributed by atoms with Crippen molar-refractivity contribution in [2.75, 3.05) is 13.2 Å². The van der Waals surface area contributed by atoms with Crippen molar-refractivity contribution in [2.24, 2.45) is 5.92 Å². The number of amides is 1. The highest BCUT2D eigenvalue weighted by Gasteiger charge is 2.44. The molecule has 148 valence electrons. The van der Waals surface area contributed by atoms with Crippen LogP contribution in [-0.2, 0) is 14.9 Å². The molecule has 0 radical (unpaired) electrons. The Morgan fingerprint density at radius 2 is 1.86 bits per heavy atom. The number of rotatable bonds is 5. The lowest BCUT2D eigenvalue weighted by Gasteiger charge is -2.35. The van der Waals surface area contributed by atoms with E-state index in [2.05, 4.69) is 16.4 Å². The van der Waals surface area contributed by atoms with E-state index >= 15 is 0 Å². The second-order valence-electron chi connectivity index (χ2n) is 7.98. The fourth-order valence-corrected chi connectivity index (χ4v) is 4.88. The van der Waals surface area contributed by atoms with E-state index in [0.717, 1.165) is 62.9 Å². The molecule has 28 heavy (non-hydrogen) atoms. The van der Waals surface area contributed by atoms with E-state index in [1.54, 1.807) is 6.20 Å². The zero-order valence-electron chi connectivity index (χ0n) is 16.1. The number of halogens is 1. The third-order valence-corrected chi connectivity index (χ3v) is 6.61. The van der Waals surface area contributed by atoms with Gasteiger partial charge in [-0.2, -0.15) is 0 Å². The maximum absolute atomic E-state index is 13.7. The second kappa shape index (κ2) is 8.62. The first-order valence-corrected chi connectivity index (χ1v) is 10.6. The molecule has 0 bridgehead atoms. The Labute approximate surface area is 171 Å². The van der Waals surface area contributed by atoms with Crippen LogP contribution in [0.2, 0.25) is 5.02 Å². The maximum atomic E-state index is 13.7. The number of carbonyl (C=O) groups is 1. The summed E-state index contributed by atoms with van der Waals surface area (Å²) in [6, 6.07) is 11.8. The molecule has 2 fully saturated rings. The monoisotopic (exact) mass is 398 g/mol. The van der Waals surface area contributed by atoms with Gasteiger partial charge in [0.1, 0.15) is 0 Å². The third kappa shape index (κ3) is 3.94. The quantitative estimate of drug-likeness (QED) is 0.784. The number of ether oxygens (including phenoxy) is 1. The van der Waals surface area contributed by atoms with Gasteiger partial charge in [0.25, 0.3) is 0 Å². The molecule has 4 nitrogen and oxygen atoms in total. The number of nitrogens with zero attached hydrogens (tertiary/aromatic N) is 1. The molecule has 1 amide bonds. The summed E-state index contributed by atoms with van der Waals surface area (Å²) in [5.74, 6) is 0.498. The van der Waals surface area contributed by atoms with Gasteiger partial charge in [-0.3, -0.25) is 9.78 Å². The largest absolute Gasteiger partial charge is 0.381 e. The molecule has 2 aromatic rings. The Bertz CT molecular complexity index is 782. The summed E-state index contributed by atoms with van der Waals surface area (Å²) in [4.78, 5) is 18.0. The van der Waals surface area contributed by atoms with Crippen LogP contribution in [-0.4, -0.2) is 24.1 Å². The summed E-state index contributed by atoms with van der Waals surface area (Å²) in [7, 11) is 0. The van der Waals surface area contributed by atoms with Crippen LogP contribution in [0.15, 0.2) is 48.8 Å². The SMILES string of the molecule is O=C(NC(c1cccnc1)C1CCOCC1)C1(c2ccc(Cl)cc2)CCCC1. The number of benzene rings is 1. The average molecular weight is 399 g/mol. The molecule has 1 saturated carbocycles. The number of pyridine rings is 1. The van der Waals surface area contributed by atoms with Crippen LogP contribution in [0, 0.1) is 5.92 Å². The number of carbonyl (C=O) groups excluding carboxylic acids is 1. The molecular formula is C23H27ClN2O2. The van der Waals surface area contributed by atoms with Crippen LogP contribution < -0.4 is 5.32 Å². The molecule has 5 heteroatoms. The van der Waals surface area contributed by atoms with Gasteiger partial charge in [-0.15, -0.1) is 0 Å². The van der Waals surface area contributed by atoms with Gasteiger partial charge in [0.2, 0.25) is 5.91 Å². The number of hydrogen-bond donors (Lipinski definition) is 1. The summed E-state index contributed by atoms with van der Waals surface area (Å²) in [5.41, 5.74) is 1.69. The molecule has 4 rings (SSSR count). The molecule has 1 atom stereocenters. The maximum Gasteiger partial charge on any atom is 0.231 e. The van der Waals surface area contributed by atoms with Crippen LogP contribution in [0.25, 0.3) is 0 Å². The van der Waals surface area contributed by atoms with Gasteiger partial charge < -0.3 is 10.1 Å². The highest BCUT2D eigenvalue weighted by Crippen LogP contribution is 2.43. The molecule has 1 aliphatic carbocycles. The predicted octanol–water partition coefficient (Wildman–Crippen LogP) is 4.83. The highest BCUT2D eigenvalue weighted by atomic mass is 35.5. The van der Waals surface area contributed by atoms with Crippen LogP contribution in [0.3, 0.4) is 0 Å². The van der Waals surface area contributed by atoms with Gasteiger partial charge in [-0.25, -0.2) is 0 Å². The molecule has 1 aromatic heterocycles. The van der Waals surface area contributed by atoms with E-state index in [0.29, 0.717) is 10.9 Å². The van der Waals surface area contributed by atoms with E-state index in [-0.39, 0.29) is 11.9 Å². The smallest absolute Gasteiger partial charge is 0.231 e. The minimum atomic E-state index is -0.462. The Balaban J connectivity index is 1.63. The van der Waals surface area contributed by atoms with E-state index in [1.165, 1.54) is 0 Å². The van der Waals surface area contributed by atoms with E-state index < -0.39 is 5.41 Å². The van der Waals surface area contributed by atoms with Crippen molar-refractivity contribution < 1.29 is 9.53 Å². The summed E-state index contributed by atoms with van der Waals surface area (Å²) >= 11 is 6.09. The van der Waals surface area contributed by atoms with Gasteiger partial charge in [0.05, 0.1) is 11.5 Å². The molecule has 1 aliphatic heterocycles. The van der Waals surface area contributed by atoms with Crippen molar-refractivity contribution in [3.8, 4) is 0 Å². The number of aromatic nitrogens is 1. The van der Waals surface area contributed by atoms with E-state index in [4.69, 9.17) is 16.3 Å². The van der Waals surface area contributed by atoms with E-state index in [1.807, 2.05) is 36.5 Å². The van der Waals surface area contributed by atoms with Gasteiger partial charge in [0, 0.05) is 30.6 Å².